The van der Waals surface area contributed by atoms with Crippen LogP contribution < -0.4 is 0 Å². The molecule has 5 nitrogen and oxygen atoms in total. The first-order valence-electron chi connectivity index (χ1n) is 12.5. The summed E-state index contributed by atoms with van der Waals surface area (Å²) in [6.07, 6.45) is 3.99. The van der Waals surface area contributed by atoms with E-state index in [0.717, 1.165) is 61.4 Å². The third-order valence-corrected chi connectivity index (χ3v) is 8.91. The second-order valence-electron chi connectivity index (χ2n) is 9.80. The van der Waals surface area contributed by atoms with E-state index in [0.29, 0.717) is 6.54 Å². The summed E-state index contributed by atoms with van der Waals surface area (Å²) in [7, 11) is -4.06. The summed E-state index contributed by atoms with van der Waals surface area (Å²) in [5.74, 6) is -2.19. The van der Waals surface area contributed by atoms with Crippen LogP contribution in [0.4, 0.5) is 8.78 Å². The Hall–Kier alpha value is -3.10. The van der Waals surface area contributed by atoms with Crippen LogP contribution >= 0.6 is 0 Å². The van der Waals surface area contributed by atoms with E-state index in [1.54, 1.807) is 0 Å². The molecular formula is C29H32F2N2O3S. The van der Waals surface area contributed by atoms with Gasteiger partial charge in [0, 0.05) is 25.7 Å². The Labute approximate surface area is 217 Å². The molecule has 0 bridgehead atoms. The predicted molar refractivity (Wildman–Crippen MR) is 139 cm³/mol. The smallest absolute Gasteiger partial charge is 0.243 e. The van der Waals surface area contributed by atoms with Crippen LogP contribution in [0.25, 0.3) is 0 Å². The summed E-state index contributed by atoms with van der Waals surface area (Å²) in [5, 5.41) is 0. The molecule has 8 heteroatoms. The standard InChI is InChI=1S/C29H32F2N2O3S/c1-22-7-9-24(10-8-22)18-32(21-34)26-13-11-25(12-14-26)20-33(19-23-5-3-2-4-6-23)37(35,36)27-15-16-28(30)29(31)17-27/h2-10,15-17,21,25-26H,11-14,18-20H2,1H3. The molecule has 1 fully saturated rings. The molecule has 3 aromatic carbocycles. The van der Waals surface area contributed by atoms with E-state index >= 15 is 0 Å². The van der Waals surface area contributed by atoms with E-state index in [2.05, 4.69) is 0 Å². The van der Waals surface area contributed by atoms with E-state index in [-0.39, 0.29) is 29.9 Å². The number of carbonyl (C=O) groups excluding carboxylic acids is 1. The third kappa shape index (κ3) is 6.81. The highest BCUT2D eigenvalue weighted by atomic mass is 32.2. The maximum Gasteiger partial charge on any atom is 0.243 e. The van der Waals surface area contributed by atoms with Crippen LogP contribution in [0.15, 0.2) is 77.7 Å². The van der Waals surface area contributed by atoms with Crippen LogP contribution in [-0.2, 0) is 27.9 Å². The van der Waals surface area contributed by atoms with Crippen LogP contribution in [0, 0.1) is 24.5 Å². The molecular weight excluding hydrogens is 494 g/mol. The van der Waals surface area contributed by atoms with Gasteiger partial charge in [0.15, 0.2) is 11.6 Å². The van der Waals surface area contributed by atoms with E-state index in [4.69, 9.17) is 0 Å². The lowest BCUT2D eigenvalue weighted by Crippen LogP contribution is -2.40. The molecule has 0 aliphatic heterocycles. The number of aryl methyl sites for hydroxylation is 1. The molecule has 0 spiro atoms. The van der Waals surface area contributed by atoms with Gasteiger partial charge in [0.25, 0.3) is 0 Å². The second-order valence-corrected chi connectivity index (χ2v) is 11.7. The minimum Gasteiger partial charge on any atom is -0.338 e. The number of amides is 1. The van der Waals surface area contributed by atoms with Gasteiger partial charge >= 0.3 is 0 Å². The molecule has 1 aliphatic rings. The van der Waals surface area contributed by atoms with Crippen molar-refractivity contribution in [2.45, 2.75) is 56.6 Å². The Morgan fingerprint density at radius 3 is 2.11 bits per heavy atom. The molecule has 4 rings (SSSR count). The number of hydrogen-bond acceptors (Lipinski definition) is 3. The van der Waals surface area contributed by atoms with Crippen molar-refractivity contribution in [3.8, 4) is 0 Å². The molecule has 0 heterocycles. The van der Waals surface area contributed by atoms with Gasteiger partial charge in [-0.1, -0.05) is 60.2 Å². The molecule has 0 radical (unpaired) electrons. The van der Waals surface area contributed by atoms with E-state index < -0.39 is 21.7 Å². The van der Waals surface area contributed by atoms with Crippen molar-refractivity contribution in [2.24, 2.45) is 5.92 Å². The van der Waals surface area contributed by atoms with Crippen LogP contribution in [0.5, 0.6) is 0 Å². The number of sulfonamides is 1. The maximum atomic E-state index is 13.9. The highest BCUT2D eigenvalue weighted by molar-refractivity contribution is 7.89. The number of hydrogen-bond donors (Lipinski definition) is 0. The van der Waals surface area contributed by atoms with Gasteiger partial charge < -0.3 is 4.90 Å². The Morgan fingerprint density at radius 1 is 0.838 bits per heavy atom. The zero-order chi connectivity index (χ0) is 26.4. The summed E-state index contributed by atoms with van der Waals surface area (Å²) in [6.45, 7) is 2.97. The molecule has 37 heavy (non-hydrogen) atoms. The summed E-state index contributed by atoms with van der Waals surface area (Å²) in [5.41, 5.74) is 3.05. The highest BCUT2D eigenvalue weighted by Gasteiger charge is 2.31. The first-order valence-corrected chi connectivity index (χ1v) is 14.0. The van der Waals surface area contributed by atoms with Crippen molar-refractivity contribution >= 4 is 16.4 Å². The first kappa shape index (κ1) is 26.9. The number of nitrogens with zero attached hydrogens (tertiary/aromatic N) is 2. The molecule has 0 N–H and O–H groups in total. The van der Waals surface area contributed by atoms with Crippen molar-refractivity contribution in [1.29, 1.82) is 0 Å². The second kappa shape index (κ2) is 12.0. The van der Waals surface area contributed by atoms with E-state index in [1.165, 1.54) is 9.87 Å². The molecule has 0 unspecified atom stereocenters. The fourth-order valence-corrected chi connectivity index (χ4v) is 6.44. The third-order valence-electron chi connectivity index (χ3n) is 7.10. The number of carbonyl (C=O) groups is 1. The molecule has 1 saturated carbocycles. The summed E-state index contributed by atoms with van der Waals surface area (Å²) in [6, 6.07) is 20.1. The van der Waals surface area contributed by atoms with Gasteiger partial charge in [-0.15, -0.1) is 0 Å². The van der Waals surface area contributed by atoms with Crippen molar-refractivity contribution in [3.05, 3.63) is 101 Å². The highest BCUT2D eigenvalue weighted by Crippen LogP contribution is 2.31. The lowest BCUT2D eigenvalue weighted by Gasteiger charge is -2.36. The lowest BCUT2D eigenvalue weighted by molar-refractivity contribution is -0.121. The largest absolute Gasteiger partial charge is 0.338 e. The van der Waals surface area contributed by atoms with E-state index in [9.17, 15) is 22.0 Å². The Balaban J connectivity index is 1.46. The summed E-state index contributed by atoms with van der Waals surface area (Å²) >= 11 is 0. The number of halogens is 2. The van der Waals surface area contributed by atoms with Gasteiger partial charge in [-0.3, -0.25) is 4.79 Å². The normalized spacial score (nSPS) is 18.1. The van der Waals surface area contributed by atoms with E-state index in [1.807, 2.05) is 66.4 Å². The molecule has 0 atom stereocenters. The number of benzene rings is 3. The van der Waals surface area contributed by atoms with Gasteiger partial charge in [0.1, 0.15) is 0 Å². The van der Waals surface area contributed by atoms with Gasteiger partial charge in [-0.25, -0.2) is 17.2 Å². The maximum absolute atomic E-state index is 13.9. The van der Waals surface area contributed by atoms with Crippen molar-refractivity contribution in [2.75, 3.05) is 6.54 Å². The minimum atomic E-state index is -4.06. The van der Waals surface area contributed by atoms with Crippen molar-refractivity contribution < 1.29 is 22.0 Å². The Morgan fingerprint density at radius 2 is 1.49 bits per heavy atom. The molecule has 3 aromatic rings. The predicted octanol–water partition coefficient (Wildman–Crippen LogP) is 5.68. The van der Waals surface area contributed by atoms with Gasteiger partial charge in [0.05, 0.1) is 4.90 Å². The Bertz CT molecular complexity index is 1290. The summed E-state index contributed by atoms with van der Waals surface area (Å²) in [4.78, 5) is 13.4. The molecule has 0 saturated heterocycles. The lowest BCUT2D eigenvalue weighted by atomic mass is 9.85. The number of rotatable bonds is 10. The minimum absolute atomic E-state index is 0.0907. The van der Waals surface area contributed by atoms with Gasteiger partial charge in [-0.05, 0) is 67.9 Å². The first-order chi connectivity index (χ1) is 17.8. The average Bonchev–Trinajstić information content (AvgIpc) is 2.90. The SMILES string of the molecule is Cc1ccc(CN(C=O)C2CCC(CN(Cc3ccccc3)S(=O)(=O)c3ccc(F)c(F)c3)CC2)cc1. The molecule has 0 aromatic heterocycles. The zero-order valence-electron chi connectivity index (χ0n) is 20.9. The van der Waals surface area contributed by atoms with Gasteiger partial charge in [-0.2, -0.15) is 4.31 Å². The van der Waals surface area contributed by atoms with Crippen LogP contribution in [0.3, 0.4) is 0 Å². The monoisotopic (exact) mass is 526 g/mol. The molecule has 196 valence electrons. The van der Waals surface area contributed by atoms with Crippen LogP contribution in [0.2, 0.25) is 0 Å². The topological polar surface area (TPSA) is 57.7 Å². The fraction of sp³-hybridized carbons (Fsp3) is 0.345. The van der Waals surface area contributed by atoms with Crippen molar-refractivity contribution in [1.82, 2.24) is 9.21 Å². The van der Waals surface area contributed by atoms with Crippen LogP contribution in [-0.4, -0.2) is 36.6 Å². The molecule has 1 aliphatic carbocycles. The average molecular weight is 527 g/mol. The quantitative estimate of drug-likeness (QED) is 0.319. The zero-order valence-corrected chi connectivity index (χ0v) is 21.7. The fourth-order valence-electron chi connectivity index (χ4n) is 4.92. The summed E-state index contributed by atoms with van der Waals surface area (Å²) < 4.78 is 55.7. The molecule has 1 amide bonds. The van der Waals surface area contributed by atoms with Crippen molar-refractivity contribution in [3.63, 3.8) is 0 Å². The van der Waals surface area contributed by atoms with Crippen LogP contribution in [0.1, 0.15) is 42.4 Å². The van der Waals surface area contributed by atoms with Gasteiger partial charge in [0.2, 0.25) is 16.4 Å². The Kier molecular flexibility index (Phi) is 8.71.